The molecule has 2 aromatic carbocycles. The molecule has 0 fully saturated rings. The SMILES string of the molecule is CCOP(=O)(NC(N[C@H](C)c1ccccc1)=[NH+][C@@H](C)c1ccccc1)OCC. The average molecular weight is 404 g/mol. The van der Waals surface area contributed by atoms with Crippen molar-refractivity contribution in [3.8, 4) is 0 Å². The second-order valence-electron chi connectivity index (χ2n) is 6.37. The zero-order valence-electron chi connectivity index (χ0n) is 17.0. The van der Waals surface area contributed by atoms with E-state index in [1.165, 1.54) is 0 Å². The van der Waals surface area contributed by atoms with Crippen LogP contribution in [0, 0.1) is 0 Å². The quantitative estimate of drug-likeness (QED) is 0.340. The lowest BCUT2D eigenvalue weighted by atomic mass is 10.1. The van der Waals surface area contributed by atoms with Crippen LogP contribution in [-0.2, 0) is 13.6 Å². The first kappa shape index (κ1) is 22.2. The Morgan fingerprint density at radius 2 is 1.43 bits per heavy atom. The van der Waals surface area contributed by atoms with Gasteiger partial charge in [0.25, 0.3) is 0 Å². The highest BCUT2D eigenvalue weighted by atomic mass is 31.2. The fourth-order valence-corrected chi connectivity index (χ4v) is 4.05. The van der Waals surface area contributed by atoms with Crippen LogP contribution in [0.5, 0.6) is 0 Å². The monoisotopic (exact) mass is 404 g/mol. The van der Waals surface area contributed by atoms with Crippen LogP contribution in [0.25, 0.3) is 0 Å². The van der Waals surface area contributed by atoms with Crippen LogP contribution in [-0.4, -0.2) is 19.2 Å². The van der Waals surface area contributed by atoms with Crippen molar-refractivity contribution in [1.29, 1.82) is 0 Å². The zero-order chi connectivity index (χ0) is 20.4. The summed E-state index contributed by atoms with van der Waals surface area (Å²) in [5.41, 5.74) is 2.22. The van der Waals surface area contributed by atoms with Crippen LogP contribution in [0.1, 0.15) is 50.9 Å². The van der Waals surface area contributed by atoms with Gasteiger partial charge < -0.3 is 0 Å². The molecule has 6 nitrogen and oxygen atoms in total. The molecule has 0 radical (unpaired) electrons. The van der Waals surface area contributed by atoms with E-state index < -0.39 is 7.75 Å². The van der Waals surface area contributed by atoms with Crippen molar-refractivity contribution < 1.29 is 18.6 Å². The van der Waals surface area contributed by atoms with E-state index >= 15 is 0 Å². The lowest BCUT2D eigenvalue weighted by molar-refractivity contribution is -0.509. The molecule has 0 heterocycles. The van der Waals surface area contributed by atoms with Gasteiger partial charge in [-0.25, -0.2) is 4.57 Å². The van der Waals surface area contributed by atoms with Crippen molar-refractivity contribution in [3.05, 3.63) is 71.8 Å². The molecule has 2 atom stereocenters. The third kappa shape index (κ3) is 6.79. The van der Waals surface area contributed by atoms with Gasteiger partial charge in [0.2, 0.25) is 0 Å². The Balaban J connectivity index is 2.28. The summed E-state index contributed by atoms with van der Waals surface area (Å²) in [6, 6.07) is 20.1. The fraction of sp³-hybridized carbons (Fsp3) is 0.381. The Labute approximate surface area is 168 Å². The van der Waals surface area contributed by atoms with Crippen molar-refractivity contribution in [2.45, 2.75) is 39.8 Å². The molecule has 0 unspecified atom stereocenters. The molecular formula is C21H31N3O3P+. The molecule has 0 amide bonds. The summed E-state index contributed by atoms with van der Waals surface area (Å²) in [5, 5.41) is 6.31. The molecule has 0 aromatic heterocycles. The topological polar surface area (TPSA) is 73.6 Å². The molecule has 0 saturated heterocycles. The molecule has 3 N–H and O–H groups in total. The van der Waals surface area contributed by atoms with Gasteiger partial charge in [0, 0.05) is 0 Å². The first-order valence-electron chi connectivity index (χ1n) is 9.64. The largest absolute Gasteiger partial charge is 0.494 e. The van der Waals surface area contributed by atoms with Crippen molar-refractivity contribution in [2.75, 3.05) is 13.2 Å². The maximum atomic E-state index is 13.0. The smallest absolute Gasteiger partial charge is 0.281 e. The Kier molecular flexibility index (Phi) is 8.71. The highest BCUT2D eigenvalue weighted by molar-refractivity contribution is 7.52. The third-order valence-electron chi connectivity index (χ3n) is 4.17. The summed E-state index contributed by atoms with van der Waals surface area (Å²) in [6.07, 6.45) is 0. The zero-order valence-corrected chi connectivity index (χ0v) is 17.9. The molecule has 0 aliphatic carbocycles. The van der Waals surface area contributed by atoms with Gasteiger partial charge in [-0.3, -0.25) is 19.4 Å². The van der Waals surface area contributed by atoms with Gasteiger partial charge >= 0.3 is 13.7 Å². The summed E-state index contributed by atoms with van der Waals surface area (Å²) >= 11 is 0. The van der Waals surface area contributed by atoms with Crippen molar-refractivity contribution in [1.82, 2.24) is 10.4 Å². The molecular weight excluding hydrogens is 373 g/mol. The minimum atomic E-state index is -3.48. The van der Waals surface area contributed by atoms with E-state index in [2.05, 4.69) is 15.4 Å². The molecule has 152 valence electrons. The van der Waals surface area contributed by atoms with Crippen molar-refractivity contribution >= 4 is 13.7 Å². The van der Waals surface area contributed by atoms with Crippen LogP contribution in [0.4, 0.5) is 0 Å². The van der Waals surface area contributed by atoms with Gasteiger partial charge in [0.05, 0.1) is 25.3 Å². The number of rotatable bonds is 9. The van der Waals surface area contributed by atoms with E-state index in [0.29, 0.717) is 5.96 Å². The molecule has 28 heavy (non-hydrogen) atoms. The summed E-state index contributed by atoms with van der Waals surface area (Å²) in [4.78, 5) is 3.37. The van der Waals surface area contributed by atoms with Crippen molar-refractivity contribution in [3.63, 3.8) is 0 Å². The van der Waals surface area contributed by atoms with E-state index in [9.17, 15) is 4.57 Å². The van der Waals surface area contributed by atoms with Crippen molar-refractivity contribution in [2.24, 2.45) is 0 Å². The minimum Gasteiger partial charge on any atom is -0.281 e. The summed E-state index contributed by atoms with van der Waals surface area (Å²) in [5.74, 6) is 0.498. The molecule has 0 bridgehead atoms. The van der Waals surface area contributed by atoms with Crippen LogP contribution in [0.3, 0.4) is 0 Å². The maximum absolute atomic E-state index is 13.0. The molecule has 2 rings (SSSR count). The average Bonchev–Trinajstić information content (AvgIpc) is 2.69. The molecule has 0 spiro atoms. The first-order valence-corrected chi connectivity index (χ1v) is 11.2. The highest BCUT2D eigenvalue weighted by Crippen LogP contribution is 2.42. The second kappa shape index (κ2) is 11.0. The predicted octanol–water partition coefficient (Wildman–Crippen LogP) is 3.31. The van der Waals surface area contributed by atoms with Gasteiger partial charge in [-0.05, 0) is 38.8 Å². The summed E-state index contributed by atoms with van der Waals surface area (Å²) in [6.45, 7) is 8.20. The number of benzene rings is 2. The highest BCUT2D eigenvalue weighted by Gasteiger charge is 2.32. The number of hydrogen-bond donors (Lipinski definition) is 3. The summed E-state index contributed by atoms with van der Waals surface area (Å²) in [7, 11) is -3.48. The number of hydrogen-bond acceptors (Lipinski definition) is 3. The van der Waals surface area contributed by atoms with E-state index in [1.54, 1.807) is 13.8 Å². The molecule has 0 aliphatic heterocycles. The molecule has 0 aliphatic rings. The van der Waals surface area contributed by atoms with Gasteiger partial charge in [0.15, 0.2) is 0 Å². The first-order chi connectivity index (χ1) is 13.5. The fourth-order valence-electron chi connectivity index (χ4n) is 2.77. The summed E-state index contributed by atoms with van der Waals surface area (Å²) < 4.78 is 23.8. The normalized spacial score (nSPS) is 14.4. The second-order valence-corrected chi connectivity index (χ2v) is 8.11. The van der Waals surface area contributed by atoms with Gasteiger partial charge in [0.1, 0.15) is 0 Å². The third-order valence-corrected chi connectivity index (χ3v) is 5.86. The van der Waals surface area contributed by atoms with Crippen LogP contribution in [0.15, 0.2) is 60.7 Å². The Hall–Kier alpha value is -2.14. The molecule has 2 aromatic rings. The van der Waals surface area contributed by atoms with Gasteiger partial charge in [-0.2, -0.15) is 5.09 Å². The van der Waals surface area contributed by atoms with Gasteiger partial charge in [-0.15, -0.1) is 0 Å². The number of guanidine groups is 1. The minimum absolute atomic E-state index is 0.0177. The molecule has 7 heteroatoms. The van der Waals surface area contributed by atoms with E-state index in [0.717, 1.165) is 11.1 Å². The molecule has 0 saturated carbocycles. The Morgan fingerprint density at radius 3 is 1.93 bits per heavy atom. The number of nitrogens with one attached hydrogen (secondary N) is 3. The predicted molar refractivity (Wildman–Crippen MR) is 113 cm³/mol. The van der Waals surface area contributed by atoms with Crippen LogP contribution in [0.2, 0.25) is 0 Å². The Bertz CT molecular complexity index is 774. The van der Waals surface area contributed by atoms with E-state index in [4.69, 9.17) is 9.05 Å². The van der Waals surface area contributed by atoms with E-state index in [-0.39, 0.29) is 25.3 Å². The van der Waals surface area contributed by atoms with Gasteiger partial charge in [-0.1, -0.05) is 60.7 Å². The lowest BCUT2D eigenvalue weighted by Crippen LogP contribution is -2.79. The Morgan fingerprint density at radius 1 is 0.929 bits per heavy atom. The standard InChI is InChI=1S/C21H30N3O3P/c1-5-26-28(25,27-6-2)24-21(22-17(3)19-13-9-7-10-14-19)23-18(4)20-15-11-8-12-16-20/h7-18H,5-6H2,1-4H3,(H2,22,23,24,25)/p+1/t17-,18+. The van der Waals surface area contributed by atoms with E-state index in [1.807, 2.05) is 74.5 Å². The van der Waals surface area contributed by atoms with Crippen LogP contribution >= 0.6 is 7.75 Å². The van der Waals surface area contributed by atoms with Crippen LogP contribution < -0.4 is 15.4 Å². The lowest BCUT2D eigenvalue weighted by Gasteiger charge is -2.19. The maximum Gasteiger partial charge on any atom is 0.494 e.